The highest BCUT2D eigenvalue weighted by Gasteiger charge is 2.40. The van der Waals surface area contributed by atoms with Crippen LogP contribution in [0.5, 0.6) is 5.75 Å². The Balaban J connectivity index is 1.78. The maximum atomic E-state index is 13.5. The van der Waals surface area contributed by atoms with Crippen LogP contribution in [0.25, 0.3) is 5.57 Å². The quantitative estimate of drug-likeness (QED) is 0.473. The summed E-state index contributed by atoms with van der Waals surface area (Å²) in [7, 11) is 1.53. The Morgan fingerprint density at radius 3 is 2.34 bits per heavy atom. The minimum Gasteiger partial charge on any atom is -0.496 e. The van der Waals surface area contributed by atoms with Crippen molar-refractivity contribution in [2.24, 2.45) is 0 Å². The molecule has 162 valence electrons. The maximum absolute atomic E-state index is 13.5. The van der Waals surface area contributed by atoms with Crippen molar-refractivity contribution in [3.63, 3.8) is 0 Å². The van der Waals surface area contributed by atoms with Crippen molar-refractivity contribution in [1.29, 1.82) is 0 Å². The number of para-hydroxylation sites is 1. The third-order valence-electron chi connectivity index (χ3n) is 5.24. The zero-order chi connectivity index (χ0) is 22.8. The highest BCUT2D eigenvalue weighted by molar-refractivity contribution is 6.37. The molecule has 2 amide bonds. The van der Waals surface area contributed by atoms with E-state index < -0.39 is 11.8 Å². The van der Waals surface area contributed by atoms with Crippen LogP contribution in [-0.2, 0) is 16.1 Å². The Morgan fingerprint density at radius 2 is 1.66 bits per heavy atom. The lowest BCUT2D eigenvalue weighted by Crippen LogP contribution is -2.32. The molecule has 0 spiro atoms. The molecule has 0 aromatic heterocycles. The molecule has 3 aromatic carbocycles. The van der Waals surface area contributed by atoms with E-state index >= 15 is 0 Å². The van der Waals surface area contributed by atoms with Crippen molar-refractivity contribution >= 4 is 46.3 Å². The summed E-state index contributed by atoms with van der Waals surface area (Å²) in [6.07, 6.45) is 0. The fourth-order valence-corrected chi connectivity index (χ4v) is 3.83. The standard InChI is InChI=1S/C25H20Cl2N2O3/c1-15-7-12-18(13-20(15)27)28-23-22(19-5-3-4-6-21(19)32-2)24(30)29(25(23)31)14-16-8-10-17(26)11-9-16/h3-13,28H,14H2,1-2H3. The number of hydrogen-bond donors (Lipinski definition) is 1. The Kier molecular flexibility index (Phi) is 6.21. The van der Waals surface area contributed by atoms with Gasteiger partial charge >= 0.3 is 0 Å². The predicted octanol–water partition coefficient (Wildman–Crippen LogP) is 5.70. The summed E-state index contributed by atoms with van der Waals surface area (Å²) < 4.78 is 5.46. The SMILES string of the molecule is COc1ccccc1C1=C(Nc2ccc(C)c(Cl)c2)C(=O)N(Cc2ccc(Cl)cc2)C1=O. The lowest BCUT2D eigenvalue weighted by molar-refractivity contribution is -0.137. The molecule has 1 aliphatic heterocycles. The summed E-state index contributed by atoms with van der Waals surface area (Å²) in [6, 6.07) is 19.5. The number of amides is 2. The van der Waals surface area contributed by atoms with E-state index in [2.05, 4.69) is 5.32 Å². The van der Waals surface area contributed by atoms with Gasteiger partial charge in [-0.05, 0) is 48.4 Å². The average Bonchev–Trinajstić information content (AvgIpc) is 3.01. The number of carbonyl (C=O) groups is 2. The minimum atomic E-state index is -0.428. The van der Waals surface area contributed by atoms with Crippen molar-refractivity contribution < 1.29 is 14.3 Å². The summed E-state index contributed by atoms with van der Waals surface area (Å²) in [5.41, 5.74) is 3.26. The van der Waals surface area contributed by atoms with Gasteiger partial charge in [0.1, 0.15) is 11.4 Å². The van der Waals surface area contributed by atoms with Crippen molar-refractivity contribution in [1.82, 2.24) is 4.90 Å². The van der Waals surface area contributed by atoms with E-state index in [1.54, 1.807) is 48.5 Å². The van der Waals surface area contributed by atoms with Crippen molar-refractivity contribution in [2.75, 3.05) is 12.4 Å². The molecular weight excluding hydrogens is 447 g/mol. The van der Waals surface area contributed by atoms with Crippen LogP contribution >= 0.6 is 23.2 Å². The number of benzene rings is 3. The number of aryl methyl sites for hydroxylation is 1. The minimum absolute atomic E-state index is 0.118. The molecule has 1 aliphatic rings. The number of hydrogen-bond acceptors (Lipinski definition) is 4. The first-order valence-corrected chi connectivity index (χ1v) is 10.7. The number of rotatable bonds is 6. The molecule has 0 atom stereocenters. The number of halogens is 2. The van der Waals surface area contributed by atoms with Crippen LogP contribution < -0.4 is 10.1 Å². The second-order valence-corrected chi connectivity index (χ2v) is 8.21. The third kappa shape index (κ3) is 4.22. The molecule has 0 radical (unpaired) electrons. The molecule has 0 saturated heterocycles. The van der Waals surface area contributed by atoms with E-state index in [4.69, 9.17) is 27.9 Å². The van der Waals surface area contributed by atoms with Gasteiger partial charge in [0.2, 0.25) is 0 Å². The first-order valence-electron chi connectivity index (χ1n) is 9.90. The Bertz CT molecular complexity index is 1240. The molecule has 4 rings (SSSR count). The largest absolute Gasteiger partial charge is 0.496 e. The van der Waals surface area contributed by atoms with Gasteiger partial charge in [-0.25, -0.2) is 0 Å². The molecule has 0 bridgehead atoms. The van der Waals surface area contributed by atoms with E-state index in [0.29, 0.717) is 27.0 Å². The lowest BCUT2D eigenvalue weighted by Gasteiger charge is -2.16. The van der Waals surface area contributed by atoms with E-state index in [9.17, 15) is 9.59 Å². The van der Waals surface area contributed by atoms with Crippen LogP contribution in [0.3, 0.4) is 0 Å². The van der Waals surface area contributed by atoms with E-state index in [-0.39, 0.29) is 17.8 Å². The number of ether oxygens (including phenoxy) is 1. The van der Waals surface area contributed by atoms with Crippen molar-refractivity contribution in [2.45, 2.75) is 13.5 Å². The summed E-state index contributed by atoms with van der Waals surface area (Å²) in [4.78, 5) is 28.1. The van der Waals surface area contributed by atoms with E-state index in [1.807, 2.05) is 25.1 Å². The number of nitrogens with one attached hydrogen (secondary N) is 1. The van der Waals surface area contributed by atoms with Crippen molar-refractivity contribution in [3.8, 4) is 5.75 Å². The number of methoxy groups -OCH3 is 1. The van der Waals surface area contributed by atoms with Gasteiger partial charge in [-0.15, -0.1) is 0 Å². The van der Waals surface area contributed by atoms with Crippen molar-refractivity contribution in [3.05, 3.63) is 99.2 Å². The molecule has 0 aliphatic carbocycles. The third-order valence-corrected chi connectivity index (χ3v) is 5.90. The monoisotopic (exact) mass is 466 g/mol. The molecule has 0 fully saturated rings. The van der Waals surface area contributed by atoms with Gasteiger partial charge < -0.3 is 10.1 Å². The molecular formula is C25H20Cl2N2O3. The smallest absolute Gasteiger partial charge is 0.278 e. The molecule has 32 heavy (non-hydrogen) atoms. The molecule has 5 nitrogen and oxygen atoms in total. The summed E-state index contributed by atoms with van der Waals surface area (Å²) in [5, 5.41) is 4.26. The van der Waals surface area contributed by atoms with Crippen LogP contribution in [0.2, 0.25) is 10.0 Å². The normalized spacial score (nSPS) is 13.7. The van der Waals surface area contributed by atoms with Crippen LogP contribution in [0, 0.1) is 6.92 Å². The summed E-state index contributed by atoms with van der Waals surface area (Å²) in [5.74, 6) is -0.337. The molecule has 0 unspecified atom stereocenters. The zero-order valence-electron chi connectivity index (χ0n) is 17.5. The topological polar surface area (TPSA) is 58.6 Å². The molecule has 1 heterocycles. The van der Waals surface area contributed by atoms with Gasteiger partial charge in [0.15, 0.2) is 0 Å². The van der Waals surface area contributed by atoms with Gasteiger partial charge in [-0.3, -0.25) is 14.5 Å². The first kappa shape index (κ1) is 21.9. The molecule has 0 saturated carbocycles. The fraction of sp³-hybridized carbons (Fsp3) is 0.120. The highest BCUT2D eigenvalue weighted by Crippen LogP contribution is 2.36. The van der Waals surface area contributed by atoms with Gasteiger partial charge in [0, 0.05) is 21.3 Å². The number of nitrogens with zero attached hydrogens (tertiary/aromatic N) is 1. The Morgan fingerprint density at radius 1 is 0.938 bits per heavy atom. The van der Waals surface area contributed by atoms with E-state index in [1.165, 1.54) is 12.0 Å². The number of anilines is 1. The average molecular weight is 467 g/mol. The number of imide groups is 1. The molecule has 3 aromatic rings. The summed E-state index contributed by atoms with van der Waals surface area (Å²) >= 11 is 12.2. The Labute approximate surface area is 196 Å². The highest BCUT2D eigenvalue weighted by atomic mass is 35.5. The van der Waals surface area contributed by atoms with Gasteiger partial charge in [0.05, 0.1) is 19.2 Å². The van der Waals surface area contributed by atoms with Gasteiger partial charge in [-0.2, -0.15) is 0 Å². The number of carbonyl (C=O) groups excluding carboxylic acids is 2. The maximum Gasteiger partial charge on any atom is 0.278 e. The molecule has 1 N–H and O–H groups in total. The fourth-order valence-electron chi connectivity index (χ4n) is 3.52. The van der Waals surface area contributed by atoms with Crippen LogP contribution in [-0.4, -0.2) is 23.8 Å². The van der Waals surface area contributed by atoms with Crippen LogP contribution in [0.1, 0.15) is 16.7 Å². The second-order valence-electron chi connectivity index (χ2n) is 7.36. The lowest BCUT2D eigenvalue weighted by atomic mass is 10.0. The van der Waals surface area contributed by atoms with Gasteiger partial charge in [0.25, 0.3) is 11.8 Å². The van der Waals surface area contributed by atoms with Crippen LogP contribution in [0.4, 0.5) is 5.69 Å². The predicted molar refractivity (Wildman–Crippen MR) is 127 cm³/mol. The first-order chi connectivity index (χ1) is 15.4. The van der Waals surface area contributed by atoms with Crippen LogP contribution in [0.15, 0.2) is 72.4 Å². The molecule has 7 heteroatoms. The Hall–Kier alpha value is -3.28. The second kappa shape index (κ2) is 9.07. The van der Waals surface area contributed by atoms with Gasteiger partial charge in [-0.1, -0.05) is 59.6 Å². The van der Waals surface area contributed by atoms with E-state index in [0.717, 1.165) is 11.1 Å². The summed E-state index contributed by atoms with van der Waals surface area (Å²) in [6.45, 7) is 2.01. The zero-order valence-corrected chi connectivity index (χ0v) is 19.0.